The molecular formula is C11H19N3O2S. The molecule has 0 spiro atoms. The molecule has 1 fully saturated rings. The number of aliphatic hydroxyl groups excluding tert-OH is 1. The molecule has 1 aromatic heterocycles. The van der Waals surface area contributed by atoms with Gasteiger partial charge in [0.1, 0.15) is 5.82 Å². The van der Waals surface area contributed by atoms with Gasteiger partial charge in [-0.3, -0.25) is 0 Å². The predicted octanol–water partition coefficient (Wildman–Crippen LogP) is 1.08. The van der Waals surface area contributed by atoms with Crippen molar-refractivity contribution in [1.82, 2.24) is 9.36 Å². The normalized spacial score (nSPS) is 17.6. The highest BCUT2D eigenvalue weighted by molar-refractivity contribution is 7.09. The largest absolute Gasteiger partial charge is 0.394 e. The summed E-state index contributed by atoms with van der Waals surface area (Å²) in [4.78, 5) is 6.77. The molecule has 0 amide bonds. The van der Waals surface area contributed by atoms with Crippen molar-refractivity contribution in [1.29, 1.82) is 0 Å². The van der Waals surface area contributed by atoms with Gasteiger partial charge in [-0.25, -0.2) is 4.98 Å². The van der Waals surface area contributed by atoms with E-state index in [2.05, 4.69) is 21.2 Å². The first kappa shape index (κ1) is 12.7. The lowest BCUT2D eigenvalue weighted by atomic mass is 10.1. The minimum Gasteiger partial charge on any atom is -0.394 e. The van der Waals surface area contributed by atoms with Crippen LogP contribution in [0.5, 0.6) is 0 Å². The molecule has 0 saturated carbocycles. The summed E-state index contributed by atoms with van der Waals surface area (Å²) in [5.74, 6) is 0.934. The lowest BCUT2D eigenvalue weighted by molar-refractivity contribution is 0.0159. The summed E-state index contributed by atoms with van der Waals surface area (Å²) < 4.78 is 9.84. The monoisotopic (exact) mass is 257 g/mol. The Morgan fingerprint density at radius 2 is 2.24 bits per heavy atom. The fourth-order valence-electron chi connectivity index (χ4n) is 1.95. The van der Waals surface area contributed by atoms with E-state index in [9.17, 15) is 0 Å². The first-order valence-electron chi connectivity index (χ1n) is 6.13. The predicted molar refractivity (Wildman–Crippen MR) is 67.6 cm³/mol. The molecule has 2 heterocycles. The zero-order valence-corrected chi connectivity index (χ0v) is 10.9. The number of rotatable bonds is 5. The quantitative estimate of drug-likeness (QED) is 0.855. The molecule has 1 aromatic rings. The number of hydrogen-bond donors (Lipinski definition) is 1. The van der Waals surface area contributed by atoms with Crippen molar-refractivity contribution in [3.05, 3.63) is 5.82 Å². The van der Waals surface area contributed by atoms with Gasteiger partial charge in [-0.1, -0.05) is 6.92 Å². The van der Waals surface area contributed by atoms with E-state index in [0.29, 0.717) is 6.61 Å². The first-order chi connectivity index (χ1) is 8.33. The van der Waals surface area contributed by atoms with Crippen LogP contribution in [0.3, 0.4) is 0 Å². The van der Waals surface area contributed by atoms with E-state index >= 15 is 0 Å². The first-order valence-corrected chi connectivity index (χ1v) is 6.90. The van der Waals surface area contributed by atoms with E-state index in [4.69, 9.17) is 9.84 Å². The van der Waals surface area contributed by atoms with Crippen LogP contribution >= 0.6 is 11.5 Å². The smallest absolute Gasteiger partial charge is 0.205 e. The van der Waals surface area contributed by atoms with E-state index < -0.39 is 0 Å². The molecule has 1 aliphatic rings. The van der Waals surface area contributed by atoms with Crippen LogP contribution in [0, 0.1) is 0 Å². The number of ether oxygens (including phenoxy) is 1. The van der Waals surface area contributed by atoms with Crippen LogP contribution in [0.4, 0.5) is 5.13 Å². The van der Waals surface area contributed by atoms with Crippen molar-refractivity contribution in [3.63, 3.8) is 0 Å². The Morgan fingerprint density at radius 1 is 1.47 bits per heavy atom. The average Bonchev–Trinajstić information content (AvgIpc) is 2.86. The van der Waals surface area contributed by atoms with Crippen LogP contribution in [0.15, 0.2) is 0 Å². The second-order valence-corrected chi connectivity index (χ2v) is 4.86. The average molecular weight is 257 g/mol. The number of aliphatic hydroxyl groups is 1. The third-order valence-electron chi connectivity index (χ3n) is 2.93. The molecule has 2 rings (SSSR count). The third kappa shape index (κ3) is 3.37. The molecule has 0 bridgehead atoms. The van der Waals surface area contributed by atoms with Gasteiger partial charge in [-0.2, -0.15) is 4.37 Å². The van der Waals surface area contributed by atoms with Gasteiger partial charge in [0, 0.05) is 31.0 Å². The zero-order chi connectivity index (χ0) is 12.1. The maximum absolute atomic E-state index is 8.70. The van der Waals surface area contributed by atoms with E-state index in [1.165, 1.54) is 11.5 Å². The molecular weight excluding hydrogens is 238 g/mol. The van der Waals surface area contributed by atoms with Crippen LogP contribution in [0.25, 0.3) is 0 Å². The molecule has 96 valence electrons. The molecule has 1 saturated heterocycles. The summed E-state index contributed by atoms with van der Waals surface area (Å²) >= 11 is 1.48. The summed E-state index contributed by atoms with van der Waals surface area (Å²) in [5.41, 5.74) is 0. The van der Waals surface area contributed by atoms with Gasteiger partial charge in [-0.05, 0) is 12.8 Å². The Morgan fingerprint density at radius 3 is 2.82 bits per heavy atom. The maximum Gasteiger partial charge on any atom is 0.205 e. The Hall–Kier alpha value is -0.720. The molecule has 0 atom stereocenters. The van der Waals surface area contributed by atoms with Gasteiger partial charge >= 0.3 is 0 Å². The summed E-state index contributed by atoms with van der Waals surface area (Å²) in [6.07, 6.45) is 3.19. The van der Waals surface area contributed by atoms with Crippen LogP contribution < -0.4 is 4.90 Å². The third-order valence-corrected chi connectivity index (χ3v) is 3.75. The Bertz CT molecular complexity index is 337. The SMILES string of the molecule is CCc1nsc(N2CCC(OCCO)CC2)n1. The second-order valence-electron chi connectivity index (χ2n) is 4.13. The number of hydrogen-bond acceptors (Lipinski definition) is 6. The highest BCUT2D eigenvalue weighted by Gasteiger charge is 2.21. The van der Waals surface area contributed by atoms with Gasteiger partial charge < -0.3 is 14.7 Å². The fraction of sp³-hybridized carbons (Fsp3) is 0.818. The number of aryl methyl sites for hydroxylation is 1. The minimum absolute atomic E-state index is 0.108. The van der Waals surface area contributed by atoms with Crippen molar-refractivity contribution < 1.29 is 9.84 Å². The van der Waals surface area contributed by atoms with E-state index in [1.807, 2.05) is 0 Å². The van der Waals surface area contributed by atoms with Gasteiger partial charge in [0.25, 0.3) is 0 Å². The molecule has 1 N–H and O–H groups in total. The van der Waals surface area contributed by atoms with Crippen LogP contribution in [0.2, 0.25) is 0 Å². The van der Waals surface area contributed by atoms with Crippen LogP contribution in [-0.4, -0.2) is 46.9 Å². The van der Waals surface area contributed by atoms with E-state index in [-0.39, 0.29) is 12.7 Å². The molecule has 0 radical (unpaired) electrons. The molecule has 5 nitrogen and oxygen atoms in total. The van der Waals surface area contributed by atoms with Gasteiger partial charge in [0.05, 0.1) is 19.3 Å². The Kier molecular flexibility index (Phi) is 4.70. The van der Waals surface area contributed by atoms with Crippen LogP contribution in [0.1, 0.15) is 25.6 Å². The lowest BCUT2D eigenvalue weighted by Gasteiger charge is -2.31. The van der Waals surface area contributed by atoms with Crippen molar-refractivity contribution in [3.8, 4) is 0 Å². The lowest BCUT2D eigenvalue weighted by Crippen LogP contribution is -2.37. The molecule has 17 heavy (non-hydrogen) atoms. The fourth-order valence-corrected chi connectivity index (χ4v) is 2.75. The second kappa shape index (κ2) is 6.28. The summed E-state index contributed by atoms with van der Waals surface area (Å²) in [6.45, 7) is 4.56. The summed E-state index contributed by atoms with van der Waals surface area (Å²) in [7, 11) is 0. The van der Waals surface area contributed by atoms with Gasteiger partial charge in [-0.15, -0.1) is 0 Å². The summed E-state index contributed by atoms with van der Waals surface area (Å²) in [5, 5.41) is 9.73. The topological polar surface area (TPSA) is 58.5 Å². The number of anilines is 1. The highest BCUT2D eigenvalue weighted by Crippen LogP contribution is 2.23. The number of aromatic nitrogens is 2. The maximum atomic E-state index is 8.70. The van der Waals surface area contributed by atoms with Gasteiger partial charge in [0.2, 0.25) is 5.13 Å². The highest BCUT2D eigenvalue weighted by atomic mass is 32.1. The Balaban J connectivity index is 1.82. The molecule has 0 aromatic carbocycles. The molecule has 0 aliphatic carbocycles. The number of piperidine rings is 1. The van der Waals surface area contributed by atoms with Gasteiger partial charge in [0.15, 0.2) is 0 Å². The molecule has 6 heteroatoms. The van der Waals surface area contributed by atoms with Crippen LogP contribution in [-0.2, 0) is 11.2 Å². The van der Waals surface area contributed by atoms with E-state index in [0.717, 1.165) is 43.3 Å². The minimum atomic E-state index is 0.108. The molecule has 0 unspecified atom stereocenters. The Labute approximate surface area is 106 Å². The van der Waals surface area contributed by atoms with Crippen molar-refractivity contribution in [2.45, 2.75) is 32.3 Å². The number of nitrogens with zero attached hydrogens (tertiary/aromatic N) is 3. The van der Waals surface area contributed by atoms with Crippen molar-refractivity contribution in [2.75, 3.05) is 31.2 Å². The van der Waals surface area contributed by atoms with E-state index in [1.54, 1.807) is 0 Å². The van der Waals surface area contributed by atoms with Crippen molar-refractivity contribution >= 4 is 16.7 Å². The molecule has 1 aliphatic heterocycles. The standard InChI is InChI=1S/C11H19N3O2S/c1-2-10-12-11(17-13-10)14-5-3-9(4-6-14)16-8-7-15/h9,15H,2-8H2,1H3. The van der Waals surface area contributed by atoms with Crippen molar-refractivity contribution in [2.24, 2.45) is 0 Å². The zero-order valence-electron chi connectivity index (χ0n) is 10.1. The summed E-state index contributed by atoms with van der Waals surface area (Å²) in [6, 6.07) is 0.